The summed E-state index contributed by atoms with van der Waals surface area (Å²) in [6, 6.07) is 16.5. The van der Waals surface area contributed by atoms with Crippen molar-refractivity contribution in [2.45, 2.75) is 50.9 Å². The van der Waals surface area contributed by atoms with E-state index in [1.807, 2.05) is 25.1 Å². The molecule has 2 aromatic carbocycles. The van der Waals surface area contributed by atoms with Crippen LogP contribution in [-0.4, -0.2) is 34.8 Å². The van der Waals surface area contributed by atoms with Crippen LogP contribution in [0.25, 0.3) is 0 Å². The summed E-state index contributed by atoms with van der Waals surface area (Å²) in [5.74, 6) is -0.825. The van der Waals surface area contributed by atoms with Crippen molar-refractivity contribution in [2.75, 3.05) is 0 Å². The maximum atomic E-state index is 12.9. The predicted octanol–water partition coefficient (Wildman–Crippen LogP) is 2.98. The Kier molecular flexibility index (Phi) is 5.34. The van der Waals surface area contributed by atoms with Gasteiger partial charge in [-0.25, -0.2) is 4.79 Å². The molecule has 2 aliphatic rings. The number of nitrogens with one attached hydrogen (secondary N) is 1. The molecule has 0 radical (unpaired) electrons. The Morgan fingerprint density at radius 3 is 2.66 bits per heavy atom. The Balaban J connectivity index is 1.43. The Morgan fingerprint density at radius 2 is 1.86 bits per heavy atom. The lowest BCUT2D eigenvalue weighted by Gasteiger charge is -2.30. The highest BCUT2D eigenvalue weighted by atomic mass is 16.6. The number of rotatable bonds is 6. The number of likely N-dealkylation sites (tertiary alicyclic amines) is 1. The number of aryl methyl sites for hydroxylation is 1. The molecule has 4 rings (SSSR count). The molecule has 150 valence electrons. The predicted molar refractivity (Wildman–Crippen MR) is 107 cm³/mol. The summed E-state index contributed by atoms with van der Waals surface area (Å²) in [4.78, 5) is 39.1. The lowest BCUT2D eigenvalue weighted by molar-refractivity contribution is -0.146. The first-order valence-electron chi connectivity index (χ1n) is 10.00. The molecule has 3 atom stereocenters. The Bertz CT molecular complexity index is 927. The van der Waals surface area contributed by atoms with Crippen molar-refractivity contribution in [2.24, 2.45) is 0 Å². The molecular weight excluding hydrogens is 368 g/mol. The minimum absolute atomic E-state index is 0.0290. The van der Waals surface area contributed by atoms with Gasteiger partial charge in [-0.1, -0.05) is 48.5 Å². The van der Waals surface area contributed by atoms with Crippen LogP contribution in [-0.2, 0) is 20.7 Å². The van der Waals surface area contributed by atoms with Gasteiger partial charge in [0, 0.05) is 18.0 Å². The summed E-state index contributed by atoms with van der Waals surface area (Å²) in [6.07, 6.45) is 1.53. The van der Waals surface area contributed by atoms with Gasteiger partial charge >= 0.3 is 5.97 Å². The lowest BCUT2D eigenvalue weighted by Crippen LogP contribution is -2.48. The molecule has 0 aromatic heterocycles. The van der Waals surface area contributed by atoms with Crippen molar-refractivity contribution in [1.82, 2.24) is 10.2 Å². The van der Waals surface area contributed by atoms with E-state index in [-0.39, 0.29) is 24.3 Å². The third-order valence-electron chi connectivity index (χ3n) is 5.57. The first-order valence-corrected chi connectivity index (χ1v) is 10.00. The van der Waals surface area contributed by atoms with Crippen LogP contribution in [0.3, 0.4) is 0 Å². The number of nitrogens with zero attached hydrogens (tertiary/aromatic N) is 1. The molecule has 0 saturated carbocycles. The molecule has 2 heterocycles. The van der Waals surface area contributed by atoms with Gasteiger partial charge in [-0.05, 0) is 37.8 Å². The highest BCUT2D eigenvalue weighted by molar-refractivity contribution is 5.96. The molecule has 1 fully saturated rings. The van der Waals surface area contributed by atoms with Crippen LogP contribution in [0, 0.1) is 0 Å². The number of fused-ring (bicyclic) bond motifs is 1. The monoisotopic (exact) mass is 392 g/mol. The molecular formula is C23H24N2O4. The molecule has 1 saturated heterocycles. The quantitative estimate of drug-likeness (QED) is 0.767. The van der Waals surface area contributed by atoms with E-state index in [4.69, 9.17) is 4.74 Å². The minimum Gasteiger partial charge on any atom is -0.433 e. The second-order valence-corrected chi connectivity index (χ2v) is 7.63. The summed E-state index contributed by atoms with van der Waals surface area (Å²) in [7, 11) is 0. The van der Waals surface area contributed by atoms with Crippen LogP contribution in [0.4, 0.5) is 0 Å². The van der Waals surface area contributed by atoms with E-state index in [1.54, 1.807) is 24.3 Å². The zero-order valence-electron chi connectivity index (χ0n) is 16.3. The van der Waals surface area contributed by atoms with Crippen LogP contribution in [0.2, 0.25) is 0 Å². The van der Waals surface area contributed by atoms with Gasteiger partial charge in [0.05, 0.1) is 5.56 Å². The van der Waals surface area contributed by atoms with Gasteiger partial charge in [-0.15, -0.1) is 0 Å². The summed E-state index contributed by atoms with van der Waals surface area (Å²) in [6.45, 7) is 1.97. The molecule has 3 unspecified atom stereocenters. The third-order valence-corrected chi connectivity index (χ3v) is 5.57. The number of ether oxygens (including phenoxy) is 1. The fourth-order valence-electron chi connectivity index (χ4n) is 4.03. The van der Waals surface area contributed by atoms with Gasteiger partial charge in [0.15, 0.2) is 0 Å². The van der Waals surface area contributed by atoms with Crippen LogP contribution in [0.5, 0.6) is 0 Å². The smallest absolute Gasteiger partial charge is 0.340 e. The van der Waals surface area contributed by atoms with Crippen LogP contribution in [0.15, 0.2) is 54.6 Å². The topological polar surface area (TPSA) is 75.7 Å². The maximum Gasteiger partial charge on any atom is 0.340 e. The maximum absolute atomic E-state index is 12.9. The van der Waals surface area contributed by atoms with Crippen LogP contribution >= 0.6 is 0 Å². The summed E-state index contributed by atoms with van der Waals surface area (Å²) in [5, 5.41) is 3.03. The van der Waals surface area contributed by atoms with E-state index in [9.17, 15) is 14.4 Å². The van der Waals surface area contributed by atoms with Gasteiger partial charge in [0.2, 0.25) is 18.0 Å². The zero-order valence-corrected chi connectivity index (χ0v) is 16.3. The van der Waals surface area contributed by atoms with Gasteiger partial charge in [0.25, 0.3) is 0 Å². The SMILES string of the molecule is CC(CCc1ccccc1)NC(=O)C1CCC(=O)N1C1OC(=O)c2ccccc21. The Hall–Kier alpha value is -3.15. The van der Waals surface area contributed by atoms with Crippen molar-refractivity contribution in [3.63, 3.8) is 0 Å². The fourth-order valence-corrected chi connectivity index (χ4v) is 4.03. The summed E-state index contributed by atoms with van der Waals surface area (Å²) in [5.41, 5.74) is 2.32. The molecule has 2 aromatic rings. The van der Waals surface area contributed by atoms with Crippen LogP contribution in [0.1, 0.15) is 53.9 Å². The normalized spacial score (nSPS) is 21.6. The lowest BCUT2D eigenvalue weighted by atomic mass is 10.1. The van der Waals surface area contributed by atoms with E-state index in [0.29, 0.717) is 17.5 Å². The number of esters is 1. The fraction of sp³-hybridized carbons (Fsp3) is 0.348. The van der Waals surface area contributed by atoms with Crippen molar-refractivity contribution in [3.05, 3.63) is 71.3 Å². The third kappa shape index (κ3) is 3.88. The number of benzene rings is 2. The number of carbonyl (C=O) groups excluding carboxylic acids is 3. The second kappa shape index (κ2) is 8.07. The molecule has 1 N–H and O–H groups in total. The Labute approximate surface area is 169 Å². The van der Waals surface area contributed by atoms with E-state index < -0.39 is 18.2 Å². The van der Waals surface area contributed by atoms with Gasteiger partial charge < -0.3 is 10.1 Å². The van der Waals surface area contributed by atoms with Crippen molar-refractivity contribution < 1.29 is 19.1 Å². The second-order valence-electron chi connectivity index (χ2n) is 7.63. The van der Waals surface area contributed by atoms with Gasteiger partial charge in [-0.3, -0.25) is 14.5 Å². The molecule has 2 amide bonds. The van der Waals surface area contributed by atoms with Gasteiger partial charge in [0.1, 0.15) is 6.04 Å². The number of hydrogen-bond acceptors (Lipinski definition) is 4. The summed E-state index contributed by atoms with van der Waals surface area (Å²) >= 11 is 0. The van der Waals surface area contributed by atoms with E-state index in [2.05, 4.69) is 17.4 Å². The molecule has 6 nitrogen and oxygen atoms in total. The first-order chi connectivity index (χ1) is 14.0. The van der Waals surface area contributed by atoms with Crippen molar-refractivity contribution in [3.8, 4) is 0 Å². The van der Waals surface area contributed by atoms with Crippen molar-refractivity contribution in [1.29, 1.82) is 0 Å². The molecule has 2 aliphatic heterocycles. The Morgan fingerprint density at radius 1 is 1.14 bits per heavy atom. The largest absolute Gasteiger partial charge is 0.433 e. The standard InChI is InChI=1S/C23H24N2O4/c1-15(11-12-16-7-3-2-4-8-16)24-21(27)19-13-14-20(26)25(19)22-17-9-5-6-10-18(17)23(28)29-22/h2-10,15,19,22H,11-14H2,1H3,(H,24,27). The highest BCUT2D eigenvalue weighted by Crippen LogP contribution is 2.38. The van der Waals surface area contributed by atoms with Crippen LogP contribution < -0.4 is 5.32 Å². The molecule has 0 aliphatic carbocycles. The van der Waals surface area contributed by atoms with Crippen molar-refractivity contribution >= 4 is 17.8 Å². The molecule has 0 bridgehead atoms. The van der Waals surface area contributed by atoms with E-state index in [1.165, 1.54) is 10.5 Å². The number of hydrogen-bond donors (Lipinski definition) is 1. The number of cyclic esters (lactones) is 1. The van der Waals surface area contributed by atoms with E-state index in [0.717, 1.165) is 12.8 Å². The molecule has 6 heteroatoms. The number of amides is 2. The number of carbonyl (C=O) groups is 3. The average Bonchev–Trinajstić information content (AvgIpc) is 3.27. The highest BCUT2D eigenvalue weighted by Gasteiger charge is 2.46. The average molecular weight is 392 g/mol. The zero-order chi connectivity index (χ0) is 20.4. The van der Waals surface area contributed by atoms with Gasteiger partial charge in [-0.2, -0.15) is 0 Å². The summed E-state index contributed by atoms with van der Waals surface area (Å²) < 4.78 is 5.46. The molecule has 29 heavy (non-hydrogen) atoms. The first kappa shape index (κ1) is 19.2. The minimum atomic E-state index is -0.830. The molecule has 0 spiro atoms. The van der Waals surface area contributed by atoms with E-state index >= 15 is 0 Å².